The van der Waals surface area contributed by atoms with Crippen LogP contribution in [-0.4, -0.2) is 5.78 Å². The molecule has 0 fully saturated rings. The highest BCUT2D eigenvalue weighted by Gasteiger charge is 2.23. The number of hydrogen-bond donors (Lipinski definition) is 1. The lowest BCUT2D eigenvalue weighted by molar-refractivity contribution is -0.124. The van der Waals surface area contributed by atoms with Gasteiger partial charge in [0.15, 0.2) is 0 Å². The Morgan fingerprint density at radius 2 is 1.85 bits per heavy atom. The van der Waals surface area contributed by atoms with Gasteiger partial charge < -0.3 is 5.73 Å². The third kappa shape index (κ3) is 5.09. The number of hydrogen-bond acceptors (Lipinski definition) is 2. The van der Waals surface area contributed by atoms with Gasteiger partial charge in [-0.3, -0.25) is 4.79 Å². The van der Waals surface area contributed by atoms with Crippen LogP contribution in [0.1, 0.15) is 64.5 Å². The summed E-state index contributed by atoms with van der Waals surface area (Å²) in [5, 5.41) is 0. The molecule has 0 aromatic heterocycles. The van der Waals surface area contributed by atoms with E-state index in [1.54, 1.807) is 0 Å². The van der Waals surface area contributed by atoms with Crippen LogP contribution in [0.25, 0.3) is 0 Å². The lowest BCUT2D eigenvalue weighted by Crippen LogP contribution is -2.27. The molecular formula is C18H29NO. The van der Waals surface area contributed by atoms with Crippen molar-refractivity contribution in [2.75, 3.05) is 0 Å². The molecule has 0 bridgehead atoms. The molecule has 1 aromatic rings. The Kier molecular flexibility index (Phi) is 7.53. The molecule has 3 atom stereocenters. The molecule has 0 spiro atoms. The van der Waals surface area contributed by atoms with Crippen LogP contribution in [-0.2, 0) is 4.79 Å². The summed E-state index contributed by atoms with van der Waals surface area (Å²) in [5.74, 6) is 0.727. The zero-order chi connectivity index (χ0) is 15.0. The van der Waals surface area contributed by atoms with E-state index in [0.29, 0.717) is 18.1 Å². The molecular weight excluding hydrogens is 246 g/mol. The molecule has 0 saturated heterocycles. The monoisotopic (exact) mass is 275 g/mol. The van der Waals surface area contributed by atoms with Gasteiger partial charge in [-0.25, -0.2) is 0 Å². The first kappa shape index (κ1) is 16.9. The highest BCUT2D eigenvalue weighted by atomic mass is 16.1. The molecule has 2 N–H and O–H groups in total. The Morgan fingerprint density at radius 3 is 2.40 bits per heavy atom. The minimum atomic E-state index is -0.188. The zero-order valence-corrected chi connectivity index (χ0v) is 13.1. The van der Waals surface area contributed by atoms with Gasteiger partial charge >= 0.3 is 0 Å². The summed E-state index contributed by atoms with van der Waals surface area (Å²) in [7, 11) is 0. The molecule has 0 aliphatic heterocycles. The summed E-state index contributed by atoms with van der Waals surface area (Å²) in [6.45, 7) is 6.34. The molecule has 112 valence electrons. The van der Waals surface area contributed by atoms with Crippen LogP contribution in [0.2, 0.25) is 0 Å². The second-order valence-corrected chi connectivity index (χ2v) is 5.81. The van der Waals surface area contributed by atoms with Crippen molar-refractivity contribution < 1.29 is 4.79 Å². The fourth-order valence-electron chi connectivity index (χ4n) is 2.58. The van der Waals surface area contributed by atoms with Gasteiger partial charge in [0.1, 0.15) is 5.78 Å². The van der Waals surface area contributed by atoms with Crippen LogP contribution in [0.15, 0.2) is 30.3 Å². The maximum absolute atomic E-state index is 12.4. The summed E-state index contributed by atoms with van der Waals surface area (Å²) in [4.78, 5) is 12.4. The Bertz CT molecular complexity index is 388. The van der Waals surface area contributed by atoms with E-state index in [9.17, 15) is 4.79 Å². The molecule has 1 rings (SSSR count). The Balaban J connectivity index is 2.57. The number of unbranched alkanes of at least 4 members (excludes halogenated alkanes) is 1. The molecule has 0 radical (unpaired) electrons. The summed E-state index contributed by atoms with van der Waals surface area (Å²) >= 11 is 0. The quantitative estimate of drug-likeness (QED) is 0.721. The second kappa shape index (κ2) is 8.91. The predicted molar refractivity (Wildman–Crippen MR) is 85.5 cm³/mol. The van der Waals surface area contributed by atoms with Crippen molar-refractivity contribution in [2.24, 2.45) is 17.6 Å². The molecule has 0 amide bonds. The molecule has 0 aliphatic rings. The van der Waals surface area contributed by atoms with Crippen LogP contribution in [0.5, 0.6) is 0 Å². The Hall–Kier alpha value is -1.15. The van der Waals surface area contributed by atoms with Crippen molar-refractivity contribution >= 4 is 5.78 Å². The number of carbonyl (C=O) groups is 1. The zero-order valence-electron chi connectivity index (χ0n) is 13.1. The minimum absolute atomic E-state index is 0.104. The molecule has 0 saturated carbocycles. The van der Waals surface area contributed by atoms with E-state index in [2.05, 4.69) is 13.8 Å². The largest absolute Gasteiger partial charge is 0.323 e. The van der Waals surface area contributed by atoms with Gasteiger partial charge in [-0.15, -0.1) is 0 Å². The van der Waals surface area contributed by atoms with Crippen molar-refractivity contribution in [3.05, 3.63) is 35.9 Å². The number of rotatable bonds is 9. The van der Waals surface area contributed by atoms with E-state index in [1.807, 2.05) is 37.3 Å². The van der Waals surface area contributed by atoms with Gasteiger partial charge in [-0.05, 0) is 11.5 Å². The summed E-state index contributed by atoms with van der Waals surface area (Å²) in [6, 6.07) is 9.74. The third-order valence-corrected chi connectivity index (χ3v) is 4.26. The van der Waals surface area contributed by atoms with E-state index in [-0.39, 0.29) is 12.0 Å². The topological polar surface area (TPSA) is 43.1 Å². The molecule has 20 heavy (non-hydrogen) atoms. The van der Waals surface area contributed by atoms with Gasteiger partial charge in [0.25, 0.3) is 0 Å². The minimum Gasteiger partial charge on any atom is -0.323 e. The van der Waals surface area contributed by atoms with Crippen molar-refractivity contribution in [1.29, 1.82) is 0 Å². The van der Waals surface area contributed by atoms with Gasteiger partial charge in [-0.1, -0.05) is 76.8 Å². The summed E-state index contributed by atoms with van der Waals surface area (Å²) < 4.78 is 0. The van der Waals surface area contributed by atoms with E-state index >= 15 is 0 Å². The highest BCUT2D eigenvalue weighted by molar-refractivity contribution is 5.81. The average Bonchev–Trinajstić information content (AvgIpc) is 2.50. The summed E-state index contributed by atoms with van der Waals surface area (Å²) in [5.41, 5.74) is 7.29. The van der Waals surface area contributed by atoms with Gasteiger partial charge in [-0.2, -0.15) is 0 Å². The van der Waals surface area contributed by atoms with Crippen molar-refractivity contribution in [3.63, 3.8) is 0 Å². The average molecular weight is 275 g/mol. The smallest absolute Gasteiger partial charge is 0.137 e. The number of benzene rings is 1. The first-order valence-electron chi connectivity index (χ1n) is 7.93. The van der Waals surface area contributed by atoms with E-state index in [0.717, 1.165) is 18.4 Å². The fraction of sp³-hybridized carbons (Fsp3) is 0.611. The molecule has 0 aliphatic carbocycles. The van der Waals surface area contributed by atoms with E-state index in [4.69, 9.17) is 5.73 Å². The number of nitrogens with two attached hydrogens (primary N) is 1. The maximum atomic E-state index is 12.4. The fourth-order valence-corrected chi connectivity index (χ4v) is 2.58. The van der Waals surface area contributed by atoms with Gasteiger partial charge in [0, 0.05) is 18.4 Å². The van der Waals surface area contributed by atoms with E-state index < -0.39 is 0 Å². The van der Waals surface area contributed by atoms with Crippen molar-refractivity contribution in [2.45, 2.75) is 58.9 Å². The number of carbonyl (C=O) groups excluding carboxylic acids is 1. The highest BCUT2D eigenvalue weighted by Crippen LogP contribution is 2.25. The summed E-state index contributed by atoms with van der Waals surface area (Å²) in [6.07, 6.45) is 5.33. The first-order chi connectivity index (χ1) is 9.60. The lowest BCUT2D eigenvalue weighted by Gasteiger charge is -2.22. The van der Waals surface area contributed by atoms with Crippen LogP contribution >= 0.6 is 0 Å². The number of Topliss-reactive ketones (excluding diaryl/α,β-unsaturated/α-hetero) is 1. The molecule has 2 heteroatoms. The third-order valence-electron chi connectivity index (χ3n) is 4.26. The standard InChI is InChI=1S/C18H29NO/c1-4-6-10-15(5-2)13-17(20)14(3)18(19)16-11-8-7-9-12-16/h7-9,11-12,14-15,18H,4-6,10,13,19H2,1-3H3. The molecule has 3 unspecified atom stereocenters. The molecule has 2 nitrogen and oxygen atoms in total. The van der Waals surface area contributed by atoms with Crippen LogP contribution in [0, 0.1) is 11.8 Å². The van der Waals surface area contributed by atoms with E-state index in [1.165, 1.54) is 12.8 Å². The van der Waals surface area contributed by atoms with Crippen LogP contribution in [0.3, 0.4) is 0 Å². The van der Waals surface area contributed by atoms with Crippen LogP contribution in [0.4, 0.5) is 0 Å². The molecule has 1 aromatic carbocycles. The first-order valence-corrected chi connectivity index (χ1v) is 7.93. The Morgan fingerprint density at radius 1 is 1.20 bits per heavy atom. The normalized spacial score (nSPS) is 15.6. The maximum Gasteiger partial charge on any atom is 0.137 e. The SMILES string of the molecule is CCCCC(CC)CC(=O)C(C)C(N)c1ccccc1. The number of ketones is 1. The lowest BCUT2D eigenvalue weighted by atomic mass is 9.85. The van der Waals surface area contributed by atoms with Gasteiger partial charge in [0.05, 0.1) is 0 Å². The van der Waals surface area contributed by atoms with Crippen molar-refractivity contribution in [1.82, 2.24) is 0 Å². The van der Waals surface area contributed by atoms with Gasteiger partial charge in [0.2, 0.25) is 0 Å². The van der Waals surface area contributed by atoms with Crippen LogP contribution < -0.4 is 5.73 Å². The Labute approximate surface area is 123 Å². The molecule has 0 heterocycles. The predicted octanol–water partition coefficient (Wildman–Crippen LogP) is 4.50. The van der Waals surface area contributed by atoms with Crippen molar-refractivity contribution in [3.8, 4) is 0 Å². The second-order valence-electron chi connectivity index (χ2n) is 5.81.